The summed E-state index contributed by atoms with van der Waals surface area (Å²) in [5, 5.41) is 2.68. The Morgan fingerprint density at radius 2 is 1.67 bits per heavy atom. The molecule has 3 rings (SSSR count). The Hall–Kier alpha value is -2.52. The van der Waals surface area contributed by atoms with Gasteiger partial charge in [0.25, 0.3) is 11.8 Å². The maximum atomic E-state index is 12.4. The quantitative estimate of drug-likeness (QED) is 0.428. The summed E-state index contributed by atoms with van der Waals surface area (Å²) in [5.41, 5.74) is 0.728. The molecule has 0 aromatic heterocycles. The number of rotatable bonds is 9. The van der Waals surface area contributed by atoms with Crippen LogP contribution in [0, 0.1) is 0 Å². The van der Waals surface area contributed by atoms with Gasteiger partial charge in [0.2, 0.25) is 5.91 Å². The summed E-state index contributed by atoms with van der Waals surface area (Å²) in [6.45, 7) is 0.395. The fourth-order valence-corrected chi connectivity index (χ4v) is 4.88. The number of sulfone groups is 1. The van der Waals surface area contributed by atoms with E-state index in [1.54, 1.807) is 48.5 Å². The first-order chi connectivity index (χ1) is 14.3. The number of carbonyl (C=O) groups excluding carboxylic acids is 3. The number of hydrogen-bond donors (Lipinski definition) is 1. The molecule has 1 aliphatic heterocycles. The van der Waals surface area contributed by atoms with Crippen LogP contribution < -0.4 is 5.32 Å². The van der Waals surface area contributed by atoms with Crippen molar-refractivity contribution in [3.8, 4) is 0 Å². The lowest BCUT2D eigenvalue weighted by Crippen LogP contribution is -2.32. The molecule has 1 N–H and O–H groups in total. The number of nitrogens with one attached hydrogen (secondary N) is 1. The molecule has 0 saturated heterocycles. The maximum absolute atomic E-state index is 12.4. The number of nitrogens with zero attached hydrogens (tertiary/aromatic N) is 1. The molecule has 1 aliphatic rings. The molecule has 3 amide bonds. The summed E-state index contributed by atoms with van der Waals surface area (Å²) in [6.07, 6.45) is 0.777. The number of imide groups is 1. The summed E-state index contributed by atoms with van der Waals surface area (Å²) < 4.78 is 25.1. The van der Waals surface area contributed by atoms with Crippen molar-refractivity contribution in [1.82, 2.24) is 10.2 Å². The summed E-state index contributed by atoms with van der Waals surface area (Å²) in [4.78, 5) is 38.1. The van der Waals surface area contributed by atoms with Crippen molar-refractivity contribution in [2.45, 2.75) is 24.2 Å². The van der Waals surface area contributed by atoms with Crippen LogP contribution in [0.15, 0.2) is 57.9 Å². The molecule has 0 aliphatic carbocycles. The molecule has 1 heterocycles. The van der Waals surface area contributed by atoms with E-state index in [4.69, 9.17) is 0 Å². The first-order valence-electron chi connectivity index (χ1n) is 9.50. The lowest BCUT2D eigenvalue weighted by Gasteiger charge is -2.13. The summed E-state index contributed by atoms with van der Waals surface area (Å²) >= 11 is 3.29. The molecule has 2 aromatic rings. The molecule has 0 unspecified atom stereocenters. The van der Waals surface area contributed by atoms with Crippen LogP contribution in [-0.4, -0.2) is 49.9 Å². The third kappa shape index (κ3) is 5.14. The van der Waals surface area contributed by atoms with Crippen LogP contribution in [0.4, 0.5) is 0 Å². The zero-order chi connectivity index (χ0) is 21.7. The normalized spacial score (nSPS) is 13.4. The fourth-order valence-electron chi connectivity index (χ4n) is 3.19. The van der Waals surface area contributed by atoms with Crippen molar-refractivity contribution in [3.05, 3.63) is 64.1 Å². The average molecular weight is 493 g/mol. The Balaban J connectivity index is 1.39. The minimum atomic E-state index is -3.36. The largest absolute Gasteiger partial charge is 0.356 e. The van der Waals surface area contributed by atoms with E-state index in [0.717, 1.165) is 9.37 Å². The van der Waals surface area contributed by atoms with Gasteiger partial charge >= 0.3 is 0 Å². The van der Waals surface area contributed by atoms with Gasteiger partial charge in [-0.25, -0.2) is 8.42 Å². The van der Waals surface area contributed by atoms with Crippen molar-refractivity contribution in [2.24, 2.45) is 0 Å². The molecule has 0 fully saturated rings. The number of carbonyl (C=O) groups is 3. The Labute approximate surface area is 183 Å². The highest BCUT2D eigenvalue weighted by Crippen LogP contribution is 2.26. The highest BCUT2D eigenvalue weighted by Gasteiger charge is 2.35. The van der Waals surface area contributed by atoms with Crippen molar-refractivity contribution < 1.29 is 22.8 Å². The van der Waals surface area contributed by atoms with Crippen LogP contribution in [-0.2, 0) is 14.6 Å². The molecular weight excluding hydrogens is 472 g/mol. The van der Waals surface area contributed by atoms with Gasteiger partial charge in [-0.05, 0) is 43.2 Å². The number of amides is 3. The van der Waals surface area contributed by atoms with Gasteiger partial charge in [-0.1, -0.05) is 34.1 Å². The van der Waals surface area contributed by atoms with E-state index in [0.29, 0.717) is 24.0 Å². The molecule has 0 bridgehead atoms. The third-order valence-electron chi connectivity index (χ3n) is 4.73. The van der Waals surface area contributed by atoms with Crippen molar-refractivity contribution in [2.75, 3.05) is 18.8 Å². The predicted octanol–water partition coefficient (Wildman–Crippen LogP) is 2.81. The SMILES string of the molecule is O=C(CCCN1C(=O)c2ccc(Br)cc2C1=O)NCCCS(=O)(=O)c1ccccc1. The van der Waals surface area contributed by atoms with Gasteiger partial charge in [-0.3, -0.25) is 19.3 Å². The number of halogens is 1. The summed E-state index contributed by atoms with van der Waals surface area (Å²) in [7, 11) is -3.36. The summed E-state index contributed by atoms with van der Waals surface area (Å²) in [6, 6.07) is 13.1. The topological polar surface area (TPSA) is 101 Å². The predicted molar refractivity (Wildman–Crippen MR) is 115 cm³/mol. The first-order valence-corrected chi connectivity index (χ1v) is 11.9. The van der Waals surface area contributed by atoms with E-state index < -0.39 is 9.84 Å². The highest BCUT2D eigenvalue weighted by molar-refractivity contribution is 9.10. The maximum Gasteiger partial charge on any atom is 0.261 e. The number of fused-ring (bicyclic) bond motifs is 1. The van der Waals surface area contributed by atoms with E-state index in [1.165, 1.54) is 0 Å². The second kappa shape index (κ2) is 9.53. The van der Waals surface area contributed by atoms with Crippen LogP contribution >= 0.6 is 15.9 Å². The minimum absolute atomic E-state index is 0.0537. The minimum Gasteiger partial charge on any atom is -0.356 e. The molecule has 158 valence electrons. The van der Waals surface area contributed by atoms with Gasteiger partial charge in [0, 0.05) is 24.0 Å². The zero-order valence-corrected chi connectivity index (χ0v) is 18.5. The molecule has 0 saturated carbocycles. The Morgan fingerprint density at radius 3 is 2.40 bits per heavy atom. The molecular formula is C21H21BrN2O5S. The van der Waals surface area contributed by atoms with Crippen molar-refractivity contribution in [1.29, 1.82) is 0 Å². The standard InChI is InChI=1S/C21H21BrN2O5S/c22-15-9-10-17-18(14-15)21(27)24(20(17)26)12-4-8-19(25)23-11-5-13-30(28,29)16-6-2-1-3-7-16/h1-3,6-7,9-10,14H,4-5,8,11-13H2,(H,23,25). The van der Waals surface area contributed by atoms with Gasteiger partial charge in [0.05, 0.1) is 21.8 Å². The molecule has 0 spiro atoms. The smallest absolute Gasteiger partial charge is 0.261 e. The van der Waals surface area contributed by atoms with Gasteiger partial charge in [0.1, 0.15) is 0 Å². The molecule has 30 heavy (non-hydrogen) atoms. The highest BCUT2D eigenvalue weighted by atomic mass is 79.9. The fraction of sp³-hybridized carbons (Fsp3) is 0.286. The lowest BCUT2D eigenvalue weighted by molar-refractivity contribution is -0.121. The number of benzene rings is 2. The summed E-state index contributed by atoms with van der Waals surface area (Å²) in [5.74, 6) is -1.01. The van der Waals surface area contributed by atoms with Crippen LogP contribution in [0.25, 0.3) is 0 Å². The molecule has 0 radical (unpaired) electrons. The van der Waals surface area contributed by atoms with E-state index in [-0.39, 0.29) is 47.9 Å². The molecule has 7 nitrogen and oxygen atoms in total. The van der Waals surface area contributed by atoms with E-state index in [9.17, 15) is 22.8 Å². The Morgan fingerprint density at radius 1 is 0.967 bits per heavy atom. The monoisotopic (exact) mass is 492 g/mol. The Kier molecular flexibility index (Phi) is 7.04. The Bertz CT molecular complexity index is 1070. The van der Waals surface area contributed by atoms with Crippen LogP contribution in [0.5, 0.6) is 0 Å². The molecule has 9 heteroatoms. The average Bonchev–Trinajstić information content (AvgIpc) is 2.96. The van der Waals surface area contributed by atoms with E-state index in [1.807, 2.05) is 0 Å². The van der Waals surface area contributed by atoms with Crippen molar-refractivity contribution >= 4 is 43.5 Å². The van der Waals surface area contributed by atoms with Crippen LogP contribution in [0.1, 0.15) is 40.0 Å². The first kappa shape index (κ1) is 22.2. The van der Waals surface area contributed by atoms with Crippen LogP contribution in [0.3, 0.4) is 0 Å². The molecule has 2 aromatic carbocycles. The van der Waals surface area contributed by atoms with Gasteiger partial charge in [-0.2, -0.15) is 0 Å². The zero-order valence-electron chi connectivity index (χ0n) is 16.1. The number of hydrogen-bond acceptors (Lipinski definition) is 5. The van der Waals surface area contributed by atoms with E-state index >= 15 is 0 Å². The van der Waals surface area contributed by atoms with E-state index in [2.05, 4.69) is 21.2 Å². The second-order valence-corrected chi connectivity index (χ2v) is 9.92. The van der Waals surface area contributed by atoms with Gasteiger partial charge in [0.15, 0.2) is 9.84 Å². The second-order valence-electron chi connectivity index (χ2n) is 6.89. The van der Waals surface area contributed by atoms with Gasteiger partial charge in [-0.15, -0.1) is 0 Å². The third-order valence-corrected chi connectivity index (χ3v) is 7.04. The van der Waals surface area contributed by atoms with Crippen LogP contribution in [0.2, 0.25) is 0 Å². The van der Waals surface area contributed by atoms with Crippen molar-refractivity contribution in [3.63, 3.8) is 0 Å². The molecule has 0 atom stereocenters. The lowest BCUT2D eigenvalue weighted by atomic mass is 10.1. The van der Waals surface area contributed by atoms with Gasteiger partial charge < -0.3 is 5.32 Å².